The number of sulfonamides is 1. The van der Waals surface area contributed by atoms with Crippen molar-refractivity contribution >= 4 is 27.0 Å². The van der Waals surface area contributed by atoms with Crippen molar-refractivity contribution in [3.63, 3.8) is 0 Å². The number of nitrogens with two attached hydrogens (primary N) is 1. The smallest absolute Gasteiger partial charge is 0.262 e. The van der Waals surface area contributed by atoms with Crippen LogP contribution in [-0.4, -0.2) is 13.4 Å². The van der Waals surface area contributed by atoms with E-state index < -0.39 is 10.0 Å². The van der Waals surface area contributed by atoms with Gasteiger partial charge in [0.05, 0.1) is 16.8 Å². The van der Waals surface area contributed by atoms with Gasteiger partial charge in [0.25, 0.3) is 10.0 Å². The van der Waals surface area contributed by atoms with Gasteiger partial charge in [-0.25, -0.2) is 8.42 Å². The maximum atomic E-state index is 12.0. The average Bonchev–Trinajstić information content (AvgIpc) is 2.79. The van der Waals surface area contributed by atoms with Gasteiger partial charge in [0.2, 0.25) is 0 Å². The van der Waals surface area contributed by atoms with E-state index in [0.717, 1.165) is 4.88 Å². The quantitative estimate of drug-likeness (QED) is 0.878. The van der Waals surface area contributed by atoms with Crippen LogP contribution in [0.3, 0.4) is 0 Å². The van der Waals surface area contributed by atoms with E-state index in [-0.39, 0.29) is 4.90 Å². The van der Waals surface area contributed by atoms with Gasteiger partial charge in [-0.1, -0.05) is 0 Å². The molecule has 2 aromatic heterocycles. The second-order valence-electron chi connectivity index (χ2n) is 3.30. The highest BCUT2D eigenvalue weighted by atomic mass is 32.2. The molecule has 0 saturated carbocycles. The number of hydrogen-bond donors (Lipinski definition) is 2. The van der Waals surface area contributed by atoms with Crippen LogP contribution in [0.1, 0.15) is 4.88 Å². The van der Waals surface area contributed by atoms with E-state index in [2.05, 4.69) is 9.71 Å². The Bertz CT molecular complexity index is 593. The van der Waals surface area contributed by atoms with Gasteiger partial charge in [0.1, 0.15) is 0 Å². The molecule has 2 rings (SSSR count). The Hall–Kier alpha value is -1.44. The molecule has 0 bridgehead atoms. The molecular weight excluding hydrogens is 258 g/mol. The summed E-state index contributed by atoms with van der Waals surface area (Å²) in [4.78, 5) is 4.90. The van der Waals surface area contributed by atoms with Crippen LogP contribution in [0.2, 0.25) is 0 Å². The third-order valence-corrected chi connectivity index (χ3v) is 4.52. The Morgan fingerprint density at radius 3 is 2.88 bits per heavy atom. The molecule has 0 saturated heterocycles. The van der Waals surface area contributed by atoms with Crippen molar-refractivity contribution in [3.05, 3.63) is 40.8 Å². The minimum atomic E-state index is -3.54. The number of rotatable bonds is 4. The molecule has 2 heterocycles. The molecule has 0 aliphatic heterocycles. The predicted molar refractivity (Wildman–Crippen MR) is 67.3 cm³/mol. The molecule has 0 amide bonds. The topological polar surface area (TPSA) is 85.1 Å². The molecular formula is C10H11N3O2S2. The summed E-state index contributed by atoms with van der Waals surface area (Å²) < 4.78 is 26.4. The van der Waals surface area contributed by atoms with Crippen molar-refractivity contribution in [2.75, 3.05) is 4.72 Å². The minimum absolute atomic E-state index is 0.229. The number of aromatic nitrogens is 1. The highest BCUT2D eigenvalue weighted by molar-refractivity contribution is 7.92. The summed E-state index contributed by atoms with van der Waals surface area (Å²) in [5.74, 6) is 0. The standard InChI is InChI=1S/C10H11N3O2S2/c11-5-9-4-10(7-16-9)17(14,15)13-8-2-1-3-12-6-8/h1-4,6-7,13H,5,11H2. The number of nitrogens with zero attached hydrogens (tertiary/aromatic N) is 1. The molecule has 7 heteroatoms. The molecule has 0 atom stereocenters. The number of hydrogen-bond acceptors (Lipinski definition) is 5. The molecule has 0 aliphatic rings. The Morgan fingerprint density at radius 1 is 1.47 bits per heavy atom. The van der Waals surface area contributed by atoms with Crippen molar-refractivity contribution in [1.29, 1.82) is 0 Å². The maximum absolute atomic E-state index is 12.0. The molecule has 0 aromatic carbocycles. The normalized spacial score (nSPS) is 11.4. The van der Waals surface area contributed by atoms with Gasteiger partial charge in [-0.15, -0.1) is 11.3 Å². The second kappa shape index (κ2) is 4.82. The van der Waals surface area contributed by atoms with Gasteiger partial charge in [-0.2, -0.15) is 0 Å². The zero-order chi connectivity index (χ0) is 12.3. The largest absolute Gasteiger partial charge is 0.326 e. The Kier molecular flexibility index (Phi) is 3.41. The lowest BCUT2D eigenvalue weighted by Crippen LogP contribution is -2.12. The Balaban J connectivity index is 2.25. The molecule has 0 spiro atoms. The maximum Gasteiger partial charge on any atom is 0.262 e. The summed E-state index contributed by atoms with van der Waals surface area (Å²) in [6.45, 7) is 0.340. The highest BCUT2D eigenvalue weighted by Gasteiger charge is 2.15. The number of anilines is 1. The summed E-state index contributed by atoms with van der Waals surface area (Å²) in [6, 6.07) is 4.88. The first-order valence-corrected chi connectivity index (χ1v) is 7.18. The summed E-state index contributed by atoms with van der Waals surface area (Å²) in [7, 11) is -3.54. The van der Waals surface area contributed by atoms with Crippen molar-refractivity contribution in [3.8, 4) is 0 Å². The predicted octanol–water partition coefficient (Wildman–Crippen LogP) is 1.40. The van der Waals surface area contributed by atoms with E-state index in [0.29, 0.717) is 12.2 Å². The van der Waals surface area contributed by atoms with Crippen molar-refractivity contribution in [1.82, 2.24) is 4.98 Å². The third-order valence-electron chi connectivity index (χ3n) is 2.05. The fourth-order valence-electron chi connectivity index (χ4n) is 1.25. The van der Waals surface area contributed by atoms with Crippen LogP contribution in [0.4, 0.5) is 5.69 Å². The molecule has 3 N–H and O–H groups in total. The molecule has 0 fully saturated rings. The summed E-state index contributed by atoms with van der Waals surface area (Å²) >= 11 is 1.33. The summed E-state index contributed by atoms with van der Waals surface area (Å²) in [5.41, 5.74) is 5.88. The van der Waals surface area contributed by atoms with Gasteiger partial charge in [-0.3, -0.25) is 9.71 Å². The second-order valence-corrected chi connectivity index (χ2v) is 5.98. The molecule has 90 valence electrons. The first-order chi connectivity index (χ1) is 8.12. The van der Waals surface area contributed by atoms with E-state index in [1.165, 1.54) is 17.5 Å². The van der Waals surface area contributed by atoms with E-state index >= 15 is 0 Å². The molecule has 2 aromatic rings. The van der Waals surface area contributed by atoms with Gasteiger partial charge >= 0.3 is 0 Å². The highest BCUT2D eigenvalue weighted by Crippen LogP contribution is 2.21. The summed E-state index contributed by atoms with van der Waals surface area (Å²) in [6.07, 6.45) is 3.03. The molecule has 0 aliphatic carbocycles. The molecule has 0 radical (unpaired) electrons. The fraction of sp³-hybridized carbons (Fsp3) is 0.100. The van der Waals surface area contributed by atoms with Gasteiger partial charge < -0.3 is 5.73 Å². The first-order valence-electron chi connectivity index (χ1n) is 4.82. The minimum Gasteiger partial charge on any atom is -0.326 e. The van der Waals surface area contributed by atoms with Crippen LogP contribution in [0.25, 0.3) is 0 Å². The van der Waals surface area contributed by atoms with Crippen molar-refractivity contribution in [2.24, 2.45) is 5.73 Å². The van der Waals surface area contributed by atoms with E-state index in [9.17, 15) is 8.42 Å². The van der Waals surface area contributed by atoms with Crippen LogP contribution in [0.5, 0.6) is 0 Å². The summed E-state index contributed by atoms with van der Waals surface area (Å²) in [5, 5.41) is 1.57. The lowest BCUT2D eigenvalue weighted by Gasteiger charge is -2.04. The number of nitrogens with one attached hydrogen (secondary N) is 1. The van der Waals surface area contributed by atoms with Crippen LogP contribution < -0.4 is 10.5 Å². The zero-order valence-corrected chi connectivity index (χ0v) is 10.5. The van der Waals surface area contributed by atoms with E-state index in [1.807, 2.05) is 0 Å². The van der Waals surface area contributed by atoms with Crippen molar-refractivity contribution < 1.29 is 8.42 Å². The monoisotopic (exact) mass is 269 g/mol. The van der Waals surface area contributed by atoms with E-state index in [4.69, 9.17) is 5.73 Å². The lowest BCUT2D eigenvalue weighted by atomic mass is 10.4. The number of thiophene rings is 1. The van der Waals surface area contributed by atoms with E-state index in [1.54, 1.807) is 29.8 Å². The van der Waals surface area contributed by atoms with Crippen LogP contribution in [0.15, 0.2) is 40.9 Å². The fourth-order valence-corrected chi connectivity index (χ4v) is 3.44. The molecule has 5 nitrogen and oxygen atoms in total. The Morgan fingerprint density at radius 2 is 2.29 bits per heavy atom. The average molecular weight is 269 g/mol. The van der Waals surface area contributed by atoms with Crippen LogP contribution in [-0.2, 0) is 16.6 Å². The SMILES string of the molecule is NCc1cc(S(=O)(=O)Nc2cccnc2)cs1. The van der Waals surface area contributed by atoms with Crippen LogP contribution in [0, 0.1) is 0 Å². The number of pyridine rings is 1. The van der Waals surface area contributed by atoms with Gasteiger partial charge in [0, 0.05) is 23.0 Å². The van der Waals surface area contributed by atoms with Crippen LogP contribution >= 0.6 is 11.3 Å². The zero-order valence-electron chi connectivity index (χ0n) is 8.83. The molecule has 17 heavy (non-hydrogen) atoms. The third kappa shape index (κ3) is 2.82. The molecule has 0 unspecified atom stereocenters. The lowest BCUT2D eigenvalue weighted by molar-refractivity contribution is 0.601. The first kappa shape index (κ1) is 12.0. The Labute approximate surface area is 103 Å². The van der Waals surface area contributed by atoms with Gasteiger partial charge in [0.15, 0.2) is 0 Å². The van der Waals surface area contributed by atoms with Crippen molar-refractivity contribution in [2.45, 2.75) is 11.4 Å². The van der Waals surface area contributed by atoms with Gasteiger partial charge in [-0.05, 0) is 18.2 Å².